The van der Waals surface area contributed by atoms with Crippen LogP contribution in [0.1, 0.15) is 58.4 Å². The van der Waals surface area contributed by atoms with Gasteiger partial charge in [-0.2, -0.15) is 0 Å². The molecule has 1 saturated carbocycles. The zero-order chi connectivity index (χ0) is 20.1. The Labute approximate surface area is 170 Å². The van der Waals surface area contributed by atoms with E-state index in [4.69, 9.17) is 16.3 Å². The minimum absolute atomic E-state index is 0.187. The molecule has 1 aliphatic rings. The van der Waals surface area contributed by atoms with Crippen LogP contribution in [-0.4, -0.2) is 25.0 Å². The maximum absolute atomic E-state index is 12.7. The zero-order valence-corrected chi connectivity index (χ0v) is 16.9. The number of ether oxygens (including phenoxy) is 1. The second kappa shape index (κ2) is 9.11. The van der Waals surface area contributed by atoms with E-state index in [-0.39, 0.29) is 17.9 Å². The molecule has 148 valence electrons. The summed E-state index contributed by atoms with van der Waals surface area (Å²) < 4.78 is 5.28. The number of aryl methyl sites for hydroxylation is 1. The maximum Gasteiger partial charge on any atom is 0.259 e. The highest BCUT2D eigenvalue weighted by Gasteiger charge is 2.19. The fraction of sp³-hybridized carbons (Fsp3) is 0.364. The molecule has 2 aromatic carbocycles. The minimum Gasteiger partial charge on any atom is -0.496 e. The Balaban J connectivity index is 1.76. The molecule has 0 aromatic heterocycles. The fourth-order valence-electron chi connectivity index (χ4n) is 3.48. The third-order valence-electron chi connectivity index (χ3n) is 5.01. The molecule has 1 aliphatic carbocycles. The Morgan fingerprint density at radius 1 is 1.00 bits per heavy atom. The second-order valence-corrected chi connectivity index (χ2v) is 7.57. The lowest BCUT2D eigenvalue weighted by Crippen LogP contribution is -2.36. The van der Waals surface area contributed by atoms with Gasteiger partial charge in [-0.05, 0) is 50.1 Å². The highest BCUT2D eigenvalue weighted by atomic mass is 35.5. The van der Waals surface area contributed by atoms with Crippen molar-refractivity contribution in [3.63, 3.8) is 0 Å². The standard InChI is InChI=1S/C22H25ClN2O3/c1-14-8-11-20(28-2)18(12-14)22(27)25-16-9-10-19(23)17(13-16)21(26)24-15-6-4-3-5-7-15/h8-13,15H,3-7H2,1-2H3,(H,24,26)(H,25,27). The summed E-state index contributed by atoms with van der Waals surface area (Å²) in [5, 5.41) is 6.25. The van der Waals surface area contributed by atoms with Gasteiger partial charge >= 0.3 is 0 Å². The second-order valence-electron chi connectivity index (χ2n) is 7.16. The summed E-state index contributed by atoms with van der Waals surface area (Å²) in [6.45, 7) is 1.91. The average Bonchev–Trinajstić information content (AvgIpc) is 2.70. The molecule has 0 bridgehead atoms. The quantitative estimate of drug-likeness (QED) is 0.744. The predicted molar refractivity (Wildman–Crippen MR) is 111 cm³/mol. The van der Waals surface area contributed by atoms with Gasteiger partial charge in [-0.3, -0.25) is 9.59 Å². The largest absolute Gasteiger partial charge is 0.496 e. The van der Waals surface area contributed by atoms with Crippen LogP contribution in [0.2, 0.25) is 5.02 Å². The van der Waals surface area contributed by atoms with Gasteiger partial charge in [0, 0.05) is 11.7 Å². The highest BCUT2D eigenvalue weighted by molar-refractivity contribution is 6.34. The SMILES string of the molecule is COc1ccc(C)cc1C(=O)Nc1ccc(Cl)c(C(=O)NC2CCCCC2)c1. The van der Waals surface area contributed by atoms with Crippen molar-refractivity contribution in [3.05, 3.63) is 58.1 Å². The molecule has 0 atom stereocenters. The van der Waals surface area contributed by atoms with Crippen molar-refractivity contribution in [2.75, 3.05) is 12.4 Å². The fourth-order valence-corrected chi connectivity index (χ4v) is 3.69. The van der Waals surface area contributed by atoms with E-state index in [2.05, 4.69) is 10.6 Å². The van der Waals surface area contributed by atoms with E-state index < -0.39 is 0 Å². The molecule has 0 unspecified atom stereocenters. The van der Waals surface area contributed by atoms with Crippen molar-refractivity contribution >= 4 is 29.1 Å². The number of halogens is 1. The monoisotopic (exact) mass is 400 g/mol. The number of rotatable bonds is 5. The van der Waals surface area contributed by atoms with Crippen molar-refractivity contribution in [1.29, 1.82) is 0 Å². The molecule has 0 heterocycles. The number of carbonyl (C=O) groups is 2. The van der Waals surface area contributed by atoms with Crippen molar-refractivity contribution in [2.45, 2.75) is 45.1 Å². The third kappa shape index (κ3) is 4.84. The van der Waals surface area contributed by atoms with Crippen LogP contribution in [-0.2, 0) is 0 Å². The lowest BCUT2D eigenvalue weighted by Gasteiger charge is -2.23. The normalized spacial score (nSPS) is 14.4. The molecule has 1 fully saturated rings. The predicted octanol–water partition coefficient (Wildman–Crippen LogP) is 4.97. The summed E-state index contributed by atoms with van der Waals surface area (Å²) >= 11 is 6.24. The van der Waals surface area contributed by atoms with Gasteiger partial charge in [0.1, 0.15) is 5.75 Å². The van der Waals surface area contributed by atoms with E-state index in [0.29, 0.717) is 27.6 Å². The van der Waals surface area contributed by atoms with E-state index >= 15 is 0 Å². The highest BCUT2D eigenvalue weighted by Crippen LogP contribution is 2.25. The molecule has 6 heteroatoms. The third-order valence-corrected chi connectivity index (χ3v) is 5.34. The van der Waals surface area contributed by atoms with Crippen molar-refractivity contribution in [3.8, 4) is 5.75 Å². The Morgan fingerprint density at radius 3 is 2.46 bits per heavy atom. The number of anilines is 1. The van der Waals surface area contributed by atoms with Crippen LogP contribution in [0.4, 0.5) is 5.69 Å². The number of nitrogens with one attached hydrogen (secondary N) is 2. The first-order valence-corrected chi connectivity index (χ1v) is 9.92. The van der Waals surface area contributed by atoms with Crippen LogP contribution in [0.25, 0.3) is 0 Å². The van der Waals surface area contributed by atoms with E-state index in [1.807, 2.05) is 13.0 Å². The molecular formula is C22H25ClN2O3. The maximum atomic E-state index is 12.7. The Hall–Kier alpha value is -2.53. The topological polar surface area (TPSA) is 67.4 Å². The van der Waals surface area contributed by atoms with E-state index in [1.54, 1.807) is 30.3 Å². The van der Waals surface area contributed by atoms with Gasteiger partial charge in [0.2, 0.25) is 0 Å². The summed E-state index contributed by atoms with van der Waals surface area (Å²) in [5.41, 5.74) is 2.26. The summed E-state index contributed by atoms with van der Waals surface area (Å²) in [7, 11) is 1.53. The summed E-state index contributed by atoms with van der Waals surface area (Å²) in [5.74, 6) is -0.0185. The van der Waals surface area contributed by atoms with Crippen LogP contribution in [0, 0.1) is 6.92 Å². The summed E-state index contributed by atoms with van der Waals surface area (Å²) in [4.78, 5) is 25.4. The van der Waals surface area contributed by atoms with Crippen molar-refractivity contribution in [1.82, 2.24) is 5.32 Å². The smallest absolute Gasteiger partial charge is 0.259 e. The van der Waals surface area contributed by atoms with Gasteiger partial charge in [0.25, 0.3) is 11.8 Å². The number of hydrogen-bond donors (Lipinski definition) is 2. The number of amides is 2. The lowest BCUT2D eigenvalue weighted by molar-refractivity contribution is 0.0926. The first-order valence-electron chi connectivity index (χ1n) is 9.54. The molecule has 5 nitrogen and oxygen atoms in total. The number of carbonyl (C=O) groups excluding carboxylic acids is 2. The molecule has 28 heavy (non-hydrogen) atoms. The van der Waals surface area contributed by atoms with Gasteiger partial charge in [-0.1, -0.05) is 42.5 Å². The van der Waals surface area contributed by atoms with Gasteiger partial charge in [0.15, 0.2) is 0 Å². The van der Waals surface area contributed by atoms with Crippen LogP contribution in [0.3, 0.4) is 0 Å². The van der Waals surface area contributed by atoms with Crippen LogP contribution < -0.4 is 15.4 Å². The Morgan fingerprint density at radius 2 is 1.75 bits per heavy atom. The number of methoxy groups -OCH3 is 1. The van der Waals surface area contributed by atoms with E-state index in [9.17, 15) is 9.59 Å². The minimum atomic E-state index is -0.304. The van der Waals surface area contributed by atoms with E-state index in [1.165, 1.54) is 13.5 Å². The number of hydrogen-bond acceptors (Lipinski definition) is 3. The lowest BCUT2D eigenvalue weighted by atomic mass is 9.95. The molecule has 0 aliphatic heterocycles. The molecule has 2 amide bonds. The first-order chi connectivity index (χ1) is 13.5. The molecular weight excluding hydrogens is 376 g/mol. The zero-order valence-electron chi connectivity index (χ0n) is 16.2. The van der Waals surface area contributed by atoms with Crippen molar-refractivity contribution < 1.29 is 14.3 Å². The average molecular weight is 401 g/mol. The molecule has 3 rings (SSSR count). The van der Waals surface area contributed by atoms with Crippen molar-refractivity contribution in [2.24, 2.45) is 0 Å². The molecule has 2 aromatic rings. The molecule has 0 saturated heterocycles. The number of benzene rings is 2. The Kier molecular flexibility index (Phi) is 6.57. The van der Waals surface area contributed by atoms with Crippen LogP contribution in [0.15, 0.2) is 36.4 Å². The van der Waals surface area contributed by atoms with Crippen LogP contribution >= 0.6 is 11.6 Å². The van der Waals surface area contributed by atoms with Crippen LogP contribution in [0.5, 0.6) is 5.75 Å². The van der Waals surface area contributed by atoms with Gasteiger partial charge in [-0.15, -0.1) is 0 Å². The Bertz CT molecular complexity index is 876. The molecule has 0 radical (unpaired) electrons. The van der Waals surface area contributed by atoms with Gasteiger partial charge in [-0.25, -0.2) is 0 Å². The summed E-state index contributed by atoms with van der Waals surface area (Å²) in [6, 6.07) is 10.5. The van der Waals surface area contributed by atoms with Gasteiger partial charge < -0.3 is 15.4 Å². The molecule has 0 spiro atoms. The van der Waals surface area contributed by atoms with E-state index in [0.717, 1.165) is 31.2 Å². The summed E-state index contributed by atoms with van der Waals surface area (Å²) in [6.07, 6.45) is 5.47. The molecule has 2 N–H and O–H groups in total. The van der Waals surface area contributed by atoms with Gasteiger partial charge in [0.05, 0.1) is 23.3 Å². The first kappa shape index (κ1) is 20.2.